The molecule has 4 heteroatoms. The minimum absolute atomic E-state index is 0.341. The summed E-state index contributed by atoms with van der Waals surface area (Å²) in [5.74, 6) is 1.88. The molecule has 0 heterocycles. The molecule has 0 aliphatic carbocycles. The summed E-state index contributed by atoms with van der Waals surface area (Å²) in [5, 5.41) is 4.26. The Bertz CT molecular complexity index is 407. The molecule has 0 bridgehead atoms. The van der Waals surface area contributed by atoms with E-state index in [9.17, 15) is 4.21 Å². The second kappa shape index (κ2) is 9.54. The molecule has 1 aromatic rings. The summed E-state index contributed by atoms with van der Waals surface area (Å²) in [6, 6.07) is 7.97. The minimum Gasteiger partial charge on any atom is -0.313 e. The van der Waals surface area contributed by atoms with Crippen molar-refractivity contribution >= 4 is 22.4 Å². The standard InChI is InChI=1S/C16H26ClNOS/c1-4-10-18-16(13(3)5-2)12-20(19)11-14-6-8-15(17)9-7-14/h6-9,13,16,18H,4-5,10-12H2,1-3H3. The molecule has 3 atom stereocenters. The number of halogens is 1. The summed E-state index contributed by atoms with van der Waals surface area (Å²) in [6.07, 6.45) is 2.22. The molecule has 0 aliphatic rings. The van der Waals surface area contributed by atoms with Crippen molar-refractivity contribution in [2.45, 2.75) is 45.4 Å². The summed E-state index contributed by atoms with van der Waals surface area (Å²) >= 11 is 5.86. The van der Waals surface area contributed by atoms with Crippen LogP contribution in [-0.4, -0.2) is 22.5 Å². The molecular formula is C16H26ClNOS. The van der Waals surface area contributed by atoms with E-state index in [-0.39, 0.29) is 0 Å². The lowest BCUT2D eigenvalue weighted by molar-refractivity contribution is 0.394. The highest BCUT2D eigenvalue weighted by Gasteiger charge is 2.18. The minimum atomic E-state index is -0.839. The Hall–Kier alpha value is -0.380. The molecule has 1 aromatic carbocycles. The number of hydrogen-bond acceptors (Lipinski definition) is 2. The van der Waals surface area contributed by atoms with Gasteiger partial charge in [-0.25, -0.2) is 0 Å². The van der Waals surface area contributed by atoms with Gasteiger partial charge in [0, 0.05) is 33.4 Å². The van der Waals surface area contributed by atoms with Crippen LogP contribution in [0.2, 0.25) is 5.02 Å². The van der Waals surface area contributed by atoms with E-state index >= 15 is 0 Å². The SMILES string of the molecule is CCCNC(CS(=O)Cc1ccc(Cl)cc1)C(C)CC. The monoisotopic (exact) mass is 315 g/mol. The van der Waals surface area contributed by atoms with Crippen LogP contribution in [0, 0.1) is 5.92 Å². The van der Waals surface area contributed by atoms with E-state index in [2.05, 4.69) is 26.1 Å². The topological polar surface area (TPSA) is 29.1 Å². The van der Waals surface area contributed by atoms with Gasteiger partial charge in [0.25, 0.3) is 0 Å². The molecule has 3 unspecified atom stereocenters. The molecule has 0 radical (unpaired) electrons. The Morgan fingerprint density at radius 3 is 2.45 bits per heavy atom. The van der Waals surface area contributed by atoms with Gasteiger partial charge in [-0.3, -0.25) is 4.21 Å². The molecule has 0 aliphatic heterocycles. The fourth-order valence-corrected chi connectivity index (χ4v) is 3.72. The highest BCUT2D eigenvalue weighted by molar-refractivity contribution is 7.84. The number of rotatable bonds is 9. The van der Waals surface area contributed by atoms with Crippen LogP contribution in [0.1, 0.15) is 39.2 Å². The molecule has 1 N–H and O–H groups in total. The zero-order valence-electron chi connectivity index (χ0n) is 12.7. The molecule has 0 amide bonds. The quantitative estimate of drug-likeness (QED) is 0.746. The van der Waals surface area contributed by atoms with Crippen LogP contribution in [0.25, 0.3) is 0 Å². The maximum atomic E-state index is 12.3. The van der Waals surface area contributed by atoms with Crippen LogP contribution in [0.3, 0.4) is 0 Å². The lowest BCUT2D eigenvalue weighted by atomic mass is 10.0. The normalized spacial score (nSPS) is 15.8. The van der Waals surface area contributed by atoms with E-state index in [0.717, 1.165) is 35.7 Å². The summed E-state index contributed by atoms with van der Waals surface area (Å²) in [5.41, 5.74) is 1.09. The molecule has 0 aromatic heterocycles. The van der Waals surface area contributed by atoms with Crippen LogP contribution in [-0.2, 0) is 16.6 Å². The first kappa shape index (κ1) is 17.7. The number of benzene rings is 1. The van der Waals surface area contributed by atoms with Crippen molar-refractivity contribution in [3.63, 3.8) is 0 Å². The molecule has 1 rings (SSSR count). The lowest BCUT2D eigenvalue weighted by Gasteiger charge is -2.24. The third kappa shape index (κ3) is 6.38. The Labute approximate surface area is 130 Å². The zero-order valence-corrected chi connectivity index (χ0v) is 14.3. The van der Waals surface area contributed by atoms with Gasteiger partial charge >= 0.3 is 0 Å². The fourth-order valence-electron chi connectivity index (χ4n) is 2.06. The second-order valence-electron chi connectivity index (χ2n) is 5.32. The maximum Gasteiger partial charge on any atom is 0.0486 e. The highest BCUT2D eigenvalue weighted by Crippen LogP contribution is 2.14. The smallest absolute Gasteiger partial charge is 0.0486 e. The van der Waals surface area contributed by atoms with Crippen molar-refractivity contribution in [1.82, 2.24) is 5.32 Å². The van der Waals surface area contributed by atoms with E-state index in [4.69, 9.17) is 11.6 Å². The van der Waals surface area contributed by atoms with Crippen molar-refractivity contribution in [3.8, 4) is 0 Å². The predicted molar refractivity (Wildman–Crippen MR) is 89.7 cm³/mol. The number of hydrogen-bond donors (Lipinski definition) is 1. The van der Waals surface area contributed by atoms with Crippen molar-refractivity contribution in [2.75, 3.05) is 12.3 Å². The summed E-state index contributed by atoms with van der Waals surface area (Å²) in [7, 11) is -0.839. The summed E-state index contributed by atoms with van der Waals surface area (Å²) in [4.78, 5) is 0. The molecule has 0 saturated carbocycles. The van der Waals surface area contributed by atoms with Crippen molar-refractivity contribution < 1.29 is 4.21 Å². The average molecular weight is 316 g/mol. The van der Waals surface area contributed by atoms with Crippen molar-refractivity contribution in [3.05, 3.63) is 34.9 Å². The lowest BCUT2D eigenvalue weighted by Crippen LogP contribution is -2.39. The molecular weight excluding hydrogens is 290 g/mol. The maximum absolute atomic E-state index is 12.3. The van der Waals surface area contributed by atoms with Gasteiger partial charge in [0.2, 0.25) is 0 Å². The number of nitrogens with one attached hydrogen (secondary N) is 1. The molecule has 20 heavy (non-hydrogen) atoms. The van der Waals surface area contributed by atoms with Gasteiger partial charge in [0.05, 0.1) is 0 Å². The van der Waals surface area contributed by atoms with E-state index < -0.39 is 10.8 Å². The third-order valence-electron chi connectivity index (χ3n) is 3.59. The Balaban J connectivity index is 2.54. The average Bonchev–Trinajstić information content (AvgIpc) is 2.45. The predicted octanol–water partition coefficient (Wildman–Crippen LogP) is 4.00. The fraction of sp³-hybridized carbons (Fsp3) is 0.625. The summed E-state index contributed by atoms with van der Waals surface area (Å²) in [6.45, 7) is 7.57. The molecule has 2 nitrogen and oxygen atoms in total. The highest BCUT2D eigenvalue weighted by atomic mass is 35.5. The van der Waals surface area contributed by atoms with Gasteiger partial charge in [-0.2, -0.15) is 0 Å². The molecule has 0 fully saturated rings. The van der Waals surface area contributed by atoms with Gasteiger partial charge in [-0.1, -0.05) is 50.9 Å². The van der Waals surface area contributed by atoms with Crippen LogP contribution < -0.4 is 5.32 Å². The molecule has 0 saturated heterocycles. The van der Waals surface area contributed by atoms with E-state index in [1.54, 1.807) is 0 Å². The van der Waals surface area contributed by atoms with E-state index in [1.165, 1.54) is 0 Å². The largest absolute Gasteiger partial charge is 0.313 e. The molecule has 0 spiro atoms. The first-order chi connectivity index (χ1) is 9.56. The van der Waals surface area contributed by atoms with Gasteiger partial charge in [0.1, 0.15) is 0 Å². The van der Waals surface area contributed by atoms with Gasteiger partial charge in [0.15, 0.2) is 0 Å². The first-order valence-corrected chi connectivity index (χ1v) is 9.26. The van der Waals surface area contributed by atoms with Crippen LogP contribution in [0.4, 0.5) is 0 Å². The first-order valence-electron chi connectivity index (χ1n) is 7.39. The van der Waals surface area contributed by atoms with Crippen molar-refractivity contribution in [2.24, 2.45) is 5.92 Å². The van der Waals surface area contributed by atoms with E-state index in [1.807, 2.05) is 24.3 Å². The zero-order chi connectivity index (χ0) is 15.0. The van der Waals surface area contributed by atoms with E-state index in [0.29, 0.717) is 17.7 Å². The van der Waals surface area contributed by atoms with Crippen LogP contribution in [0.15, 0.2) is 24.3 Å². The Kier molecular flexibility index (Phi) is 8.43. The van der Waals surface area contributed by atoms with Crippen LogP contribution >= 0.6 is 11.6 Å². The van der Waals surface area contributed by atoms with Crippen LogP contribution in [0.5, 0.6) is 0 Å². The molecule has 114 valence electrons. The van der Waals surface area contributed by atoms with Crippen molar-refractivity contribution in [1.29, 1.82) is 0 Å². The third-order valence-corrected chi connectivity index (χ3v) is 5.23. The second-order valence-corrected chi connectivity index (χ2v) is 7.26. The Morgan fingerprint density at radius 2 is 1.90 bits per heavy atom. The van der Waals surface area contributed by atoms with Gasteiger partial charge in [-0.15, -0.1) is 0 Å². The van der Waals surface area contributed by atoms with Gasteiger partial charge in [-0.05, 0) is 36.6 Å². The summed E-state index contributed by atoms with van der Waals surface area (Å²) < 4.78 is 12.3. The Morgan fingerprint density at radius 1 is 1.25 bits per heavy atom. The van der Waals surface area contributed by atoms with Gasteiger partial charge < -0.3 is 5.32 Å².